The first-order chi connectivity index (χ1) is 5.25. The molecular formula is C8H10ClF3. The summed E-state index contributed by atoms with van der Waals surface area (Å²) in [5.74, 6) is 0. The van der Waals surface area contributed by atoms with Crippen LogP contribution in [0.4, 0.5) is 13.2 Å². The Kier molecular flexibility index (Phi) is 3.84. The highest BCUT2D eigenvalue weighted by molar-refractivity contribution is 6.29. The molecular weight excluding hydrogens is 189 g/mol. The zero-order valence-electron chi connectivity index (χ0n) is 7.09. The van der Waals surface area contributed by atoms with Crippen molar-refractivity contribution in [2.45, 2.75) is 26.9 Å². The van der Waals surface area contributed by atoms with Crippen molar-refractivity contribution in [1.29, 1.82) is 0 Å². The second-order valence-corrected chi connectivity index (χ2v) is 3.11. The van der Waals surface area contributed by atoms with Gasteiger partial charge in [0.15, 0.2) is 0 Å². The van der Waals surface area contributed by atoms with Gasteiger partial charge in [-0.1, -0.05) is 17.7 Å². The third-order valence-electron chi connectivity index (χ3n) is 1.42. The van der Waals surface area contributed by atoms with Gasteiger partial charge < -0.3 is 0 Å². The van der Waals surface area contributed by atoms with E-state index in [0.29, 0.717) is 10.6 Å². The summed E-state index contributed by atoms with van der Waals surface area (Å²) in [5.41, 5.74) is -0.202. The lowest BCUT2D eigenvalue weighted by molar-refractivity contribution is -0.0913. The maximum absolute atomic E-state index is 11.9. The molecule has 0 saturated carbocycles. The summed E-state index contributed by atoms with van der Waals surface area (Å²) in [7, 11) is 0. The molecule has 0 spiro atoms. The van der Waals surface area contributed by atoms with Crippen molar-refractivity contribution in [2.75, 3.05) is 0 Å². The largest absolute Gasteiger partial charge is 0.412 e. The zero-order valence-corrected chi connectivity index (χ0v) is 7.85. The molecule has 0 aromatic heterocycles. The minimum atomic E-state index is -4.26. The molecule has 0 amide bonds. The Balaban J connectivity index is 4.71. The normalized spacial score (nSPS) is 16.1. The van der Waals surface area contributed by atoms with Gasteiger partial charge in [-0.05, 0) is 26.3 Å². The molecule has 0 saturated heterocycles. The van der Waals surface area contributed by atoms with Crippen LogP contribution in [0, 0.1) is 0 Å². The van der Waals surface area contributed by atoms with E-state index in [0.717, 1.165) is 13.0 Å². The quantitative estimate of drug-likeness (QED) is 0.558. The number of rotatable bonds is 1. The van der Waals surface area contributed by atoms with Gasteiger partial charge in [-0.25, -0.2) is 0 Å². The molecule has 0 heterocycles. The summed E-state index contributed by atoms with van der Waals surface area (Å²) in [4.78, 5) is 0. The Morgan fingerprint density at radius 1 is 1.17 bits per heavy atom. The summed E-state index contributed by atoms with van der Waals surface area (Å²) < 4.78 is 35.8. The molecule has 0 nitrogen and oxygen atoms in total. The van der Waals surface area contributed by atoms with Gasteiger partial charge in [0.1, 0.15) is 0 Å². The molecule has 0 rings (SSSR count). The molecule has 0 fully saturated rings. The summed E-state index contributed by atoms with van der Waals surface area (Å²) in [5, 5.41) is 0.374. The number of allylic oxidation sites excluding steroid dienone is 4. The van der Waals surface area contributed by atoms with Gasteiger partial charge >= 0.3 is 6.18 Å². The zero-order chi connectivity index (χ0) is 9.94. The van der Waals surface area contributed by atoms with Gasteiger partial charge in [-0.15, -0.1) is 0 Å². The highest BCUT2D eigenvalue weighted by Crippen LogP contribution is 2.26. The minimum Gasteiger partial charge on any atom is -0.166 e. The molecule has 12 heavy (non-hydrogen) atoms. The summed E-state index contributed by atoms with van der Waals surface area (Å²) in [6.45, 7) is 4.11. The molecule has 0 aromatic rings. The maximum Gasteiger partial charge on any atom is 0.412 e. The third kappa shape index (κ3) is 3.81. The Morgan fingerprint density at radius 3 is 1.83 bits per heavy atom. The molecule has 4 heteroatoms. The fourth-order valence-corrected chi connectivity index (χ4v) is 0.561. The molecule has 0 atom stereocenters. The first-order valence-corrected chi connectivity index (χ1v) is 3.71. The van der Waals surface area contributed by atoms with Gasteiger partial charge in [0, 0.05) is 10.6 Å². The molecule has 0 aliphatic heterocycles. The Bertz CT molecular complexity index is 219. The van der Waals surface area contributed by atoms with E-state index < -0.39 is 11.7 Å². The van der Waals surface area contributed by atoms with Crippen LogP contribution in [0.5, 0.6) is 0 Å². The van der Waals surface area contributed by atoms with Crippen LogP contribution in [0.2, 0.25) is 0 Å². The first kappa shape index (κ1) is 11.6. The van der Waals surface area contributed by atoms with Gasteiger partial charge in [-0.2, -0.15) is 13.2 Å². The SMILES string of the molecule is C/C(=C\C(C)=C(/C)Cl)C(F)(F)F. The Hall–Kier alpha value is -0.440. The molecule has 0 aliphatic rings. The van der Waals surface area contributed by atoms with E-state index in [4.69, 9.17) is 11.6 Å². The molecule has 0 unspecified atom stereocenters. The van der Waals surface area contributed by atoms with E-state index in [1.54, 1.807) is 6.92 Å². The second kappa shape index (κ2) is 3.99. The lowest BCUT2D eigenvalue weighted by Crippen LogP contribution is -2.08. The van der Waals surface area contributed by atoms with E-state index in [2.05, 4.69) is 0 Å². The fraction of sp³-hybridized carbons (Fsp3) is 0.500. The topological polar surface area (TPSA) is 0 Å². The van der Waals surface area contributed by atoms with Crippen molar-refractivity contribution in [2.24, 2.45) is 0 Å². The van der Waals surface area contributed by atoms with Crippen LogP contribution in [0.3, 0.4) is 0 Å². The van der Waals surface area contributed by atoms with Crippen molar-refractivity contribution in [3.63, 3.8) is 0 Å². The van der Waals surface area contributed by atoms with Crippen molar-refractivity contribution < 1.29 is 13.2 Å². The van der Waals surface area contributed by atoms with Crippen LogP contribution < -0.4 is 0 Å². The summed E-state index contributed by atoms with van der Waals surface area (Å²) in [6.07, 6.45) is -3.23. The second-order valence-electron chi connectivity index (χ2n) is 2.54. The van der Waals surface area contributed by atoms with E-state index in [1.165, 1.54) is 6.92 Å². The number of hydrogen-bond donors (Lipinski definition) is 0. The van der Waals surface area contributed by atoms with Gasteiger partial charge in [0.25, 0.3) is 0 Å². The number of halogens is 4. The lowest BCUT2D eigenvalue weighted by Gasteiger charge is -2.06. The molecule has 0 bridgehead atoms. The van der Waals surface area contributed by atoms with Crippen LogP contribution >= 0.6 is 11.6 Å². The van der Waals surface area contributed by atoms with E-state index in [-0.39, 0.29) is 0 Å². The van der Waals surface area contributed by atoms with Gasteiger partial charge in [0.2, 0.25) is 0 Å². The van der Waals surface area contributed by atoms with Crippen LogP contribution in [0.25, 0.3) is 0 Å². The molecule has 0 aliphatic carbocycles. The molecule has 0 radical (unpaired) electrons. The van der Waals surface area contributed by atoms with Crippen molar-refractivity contribution in [3.05, 3.63) is 22.3 Å². The molecule has 70 valence electrons. The standard InChI is InChI=1S/C8H10ClF3/c1-5(7(3)9)4-6(2)8(10,11)12/h4H,1-3H3/b6-4+,7-5+. The van der Waals surface area contributed by atoms with Gasteiger partial charge in [0.05, 0.1) is 0 Å². The van der Waals surface area contributed by atoms with Crippen LogP contribution in [-0.2, 0) is 0 Å². The fourth-order valence-electron chi connectivity index (χ4n) is 0.506. The van der Waals surface area contributed by atoms with Crippen LogP contribution in [-0.4, -0.2) is 6.18 Å². The average molecular weight is 199 g/mol. The summed E-state index contributed by atoms with van der Waals surface area (Å²) in [6, 6.07) is 0. The predicted octanol–water partition coefficient (Wildman–Crippen LogP) is 4.03. The highest BCUT2D eigenvalue weighted by atomic mass is 35.5. The Morgan fingerprint density at radius 2 is 1.58 bits per heavy atom. The monoisotopic (exact) mass is 198 g/mol. The average Bonchev–Trinajstić information content (AvgIpc) is 1.85. The van der Waals surface area contributed by atoms with Crippen LogP contribution in [0.1, 0.15) is 20.8 Å². The molecule has 0 N–H and O–H groups in total. The highest BCUT2D eigenvalue weighted by Gasteiger charge is 2.29. The van der Waals surface area contributed by atoms with E-state index >= 15 is 0 Å². The van der Waals surface area contributed by atoms with Gasteiger partial charge in [-0.3, -0.25) is 0 Å². The maximum atomic E-state index is 11.9. The van der Waals surface area contributed by atoms with Crippen molar-refractivity contribution in [1.82, 2.24) is 0 Å². The summed E-state index contributed by atoms with van der Waals surface area (Å²) >= 11 is 5.49. The van der Waals surface area contributed by atoms with Crippen molar-refractivity contribution >= 4 is 11.6 Å². The third-order valence-corrected chi connectivity index (χ3v) is 1.72. The van der Waals surface area contributed by atoms with Crippen molar-refractivity contribution in [3.8, 4) is 0 Å². The minimum absolute atomic E-state index is 0.374. The molecule has 0 aromatic carbocycles. The van der Waals surface area contributed by atoms with E-state index in [1.807, 2.05) is 0 Å². The van der Waals surface area contributed by atoms with E-state index in [9.17, 15) is 13.2 Å². The first-order valence-electron chi connectivity index (χ1n) is 3.33. The smallest absolute Gasteiger partial charge is 0.166 e. The Labute approximate surface area is 74.7 Å². The number of hydrogen-bond acceptors (Lipinski definition) is 0. The lowest BCUT2D eigenvalue weighted by atomic mass is 10.2. The predicted molar refractivity (Wildman–Crippen MR) is 44.0 cm³/mol. The number of alkyl halides is 3. The van der Waals surface area contributed by atoms with Crippen LogP contribution in [0.15, 0.2) is 22.3 Å².